The number of benzene rings is 1. The predicted molar refractivity (Wildman–Crippen MR) is 75.0 cm³/mol. The Labute approximate surface area is 115 Å². The van der Waals surface area contributed by atoms with Gasteiger partial charge in [0.2, 0.25) is 5.91 Å². The third-order valence-corrected chi connectivity index (χ3v) is 3.22. The fourth-order valence-electron chi connectivity index (χ4n) is 2.10. The van der Waals surface area contributed by atoms with E-state index in [1.54, 1.807) is 11.9 Å². The Morgan fingerprint density at radius 3 is 2.47 bits per heavy atom. The predicted octanol–water partition coefficient (Wildman–Crippen LogP) is 1.43. The van der Waals surface area contributed by atoms with Crippen LogP contribution in [0.3, 0.4) is 0 Å². The summed E-state index contributed by atoms with van der Waals surface area (Å²) >= 11 is 0. The van der Waals surface area contributed by atoms with Gasteiger partial charge in [-0.1, -0.05) is 30.3 Å². The van der Waals surface area contributed by atoms with Crippen LogP contribution in [0.15, 0.2) is 30.3 Å². The minimum atomic E-state index is -0.662. The summed E-state index contributed by atoms with van der Waals surface area (Å²) < 4.78 is 4.87. The van der Waals surface area contributed by atoms with E-state index in [1.807, 2.05) is 44.2 Å². The van der Waals surface area contributed by atoms with Gasteiger partial charge in [0, 0.05) is 20.7 Å². The van der Waals surface area contributed by atoms with E-state index in [-0.39, 0.29) is 19.1 Å². The van der Waals surface area contributed by atoms with Crippen LogP contribution in [0.1, 0.15) is 19.4 Å². The number of rotatable bonds is 6. The van der Waals surface area contributed by atoms with Crippen LogP contribution in [-0.2, 0) is 14.9 Å². The second-order valence-electron chi connectivity index (χ2n) is 5.29. The molecule has 1 rings (SSSR count). The van der Waals surface area contributed by atoms with Crippen molar-refractivity contribution >= 4 is 5.91 Å². The summed E-state index contributed by atoms with van der Waals surface area (Å²) in [6.45, 7) is 4.28. The number of aliphatic hydroxyl groups excluding tert-OH is 1. The summed E-state index contributed by atoms with van der Waals surface area (Å²) in [5.41, 5.74) is 0.357. The molecule has 1 aromatic carbocycles. The lowest BCUT2D eigenvalue weighted by atomic mass is 9.83. The molecule has 1 amide bonds. The van der Waals surface area contributed by atoms with Gasteiger partial charge in [-0.25, -0.2) is 0 Å². The Kier molecular flexibility index (Phi) is 5.51. The number of carbonyl (C=O) groups is 1. The third kappa shape index (κ3) is 4.04. The molecular weight excluding hydrogens is 242 g/mol. The summed E-state index contributed by atoms with van der Waals surface area (Å²) in [5, 5.41) is 9.69. The molecule has 1 unspecified atom stereocenters. The molecule has 4 heteroatoms. The van der Waals surface area contributed by atoms with E-state index in [1.165, 1.54) is 7.11 Å². The normalized spacial score (nSPS) is 13.1. The lowest BCUT2D eigenvalue weighted by molar-refractivity contribution is -0.136. The van der Waals surface area contributed by atoms with Gasteiger partial charge in [-0.05, 0) is 19.4 Å². The van der Waals surface area contributed by atoms with E-state index >= 15 is 0 Å². The smallest absolute Gasteiger partial charge is 0.232 e. The number of carbonyl (C=O) groups excluding carboxylic acids is 1. The molecule has 1 atom stereocenters. The van der Waals surface area contributed by atoms with Crippen molar-refractivity contribution in [1.29, 1.82) is 0 Å². The Morgan fingerprint density at radius 1 is 1.37 bits per heavy atom. The molecule has 0 spiro atoms. The molecule has 1 aromatic rings. The maximum absolute atomic E-state index is 12.5. The molecule has 0 fully saturated rings. The van der Waals surface area contributed by atoms with Crippen LogP contribution in [0.25, 0.3) is 0 Å². The molecule has 0 heterocycles. The summed E-state index contributed by atoms with van der Waals surface area (Å²) in [6, 6.07) is 9.65. The van der Waals surface area contributed by atoms with Crippen molar-refractivity contribution in [3.05, 3.63) is 35.9 Å². The fraction of sp³-hybridized carbons (Fsp3) is 0.533. The van der Waals surface area contributed by atoms with Gasteiger partial charge in [0.15, 0.2) is 0 Å². The SMILES string of the molecule is COCC(O)CN(C)C(=O)C(C)(C)c1ccccc1. The van der Waals surface area contributed by atoms with Crippen LogP contribution in [-0.4, -0.2) is 49.3 Å². The molecule has 4 nitrogen and oxygen atoms in total. The van der Waals surface area contributed by atoms with Gasteiger partial charge in [0.05, 0.1) is 18.1 Å². The zero-order valence-corrected chi connectivity index (χ0v) is 12.1. The maximum atomic E-state index is 12.5. The minimum Gasteiger partial charge on any atom is -0.389 e. The average molecular weight is 265 g/mol. The zero-order valence-electron chi connectivity index (χ0n) is 12.1. The van der Waals surface area contributed by atoms with Crippen molar-refractivity contribution in [3.63, 3.8) is 0 Å². The lowest BCUT2D eigenvalue weighted by Crippen LogP contribution is -2.45. The van der Waals surface area contributed by atoms with Gasteiger partial charge in [-0.2, -0.15) is 0 Å². The zero-order chi connectivity index (χ0) is 14.5. The molecular formula is C15H23NO3. The Morgan fingerprint density at radius 2 is 1.95 bits per heavy atom. The molecule has 0 saturated carbocycles. The van der Waals surface area contributed by atoms with Crippen molar-refractivity contribution in [2.24, 2.45) is 0 Å². The second-order valence-corrected chi connectivity index (χ2v) is 5.29. The highest BCUT2D eigenvalue weighted by molar-refractivity contribution is 5.87. The fourth-order valence-corrected chi connectivity index (χ4v) is 2.10. The number of aliphatic hydroxyl groups is 1. The number of likely N-dealkylation sites (N-methyl/N-ethyl adjacent to an activating group) is 1. The molecule has 0 aliphatic rings. The maximum Gasteiger partial charge on any atom is 0.232 e. The molecule has 0 aliphatic carbocycles. The molecule has 0 bridgehead atoms. The first-order valence-corrected chi connectivity index (χ1v) is 6.37. The van der Waals surface area contributed by atoms with Crippen molar-refractivity contribution in [2.75, 3.05) is 27.3 Å². The van der Waals surface area contributed by atoms with Crippen molar-refractivity contribution in [2.45, 2.75) is 25.4 Å². The van der Waals surface area contributed by atoms with E-state index in [0.29, 0.717) is 0 Å². The number of methoxy groups -OCH3 is 1. The van der Waals surface area contributed by atoms with Crippen LogP contribution >= 0.6 is 0 Å². The number of hydrogen-bond donors (Lipinski definition) is 1. The highest BCUT2D eigenvalue weighted by Crippen LogP contribution is 2.25. The largest absolute Gasteiger partial charge is 0.389 e. The Hall–Kier alpha value is -1.39. The number of hydrogen-bond acceptors (Lipinski definition) is 3. The molecule has 0 aromatic heterocycles. The second kappa shape index (κ2) is 6.68. The first-order chi connectivity index (χ1) is 8.89. The first kappa shape index (κ1) is 15.7. The lowest BCUT2D eigenvalue weighted by Gasteiger charge is -2.31. The van der Waals surface area contributed by atoms with E-state index in [4.69, 9.17) is 4.74 Å². The van der Waals surface area contributed by atoms with Gasteiger partial charge in [0.1, 0.15) is 0 Å². The van der Waals surface area contributed by atoms with Crippen molar-refractivity contribution in [1.82, 2.24) is 4.90 Å². The summed E-state index contributed by atoms with van der Waals surface area (Å²) in [6.07, 6.45) is -0.662. The van der Waals surface area contributed by atoms with Crippen LogP contribution in [0, 0.1) is 0 Å². The number of ether oxygens (including phenoxy) is 1. The van der Waals surface area contributed by atoms with E-state index in [2.05, 4.69) is 0 Å². The molecule has 1 N–H and O–H groups in total. The Balaban J connectivity index is 2.75. The monoisotopic (exact) mass is 265 g/mol. The summed E-state index contributed by atoms with van der Waals surface area (Å²) in [7, 11) is 3.23. The first-order valence-electron chi connectivity index (χ1n) is 6.37. The molecule has 0 radical (unpaired) electrons. The molecule has 0 saturated heterocycles. The van der Waals surface area contributed by atoms with Gasteiger partial charge in [-0.3, -0.25) is 4.79 Å². The molecule has 19 heavy (non-hydrogen) atoms. The van der Waals surface area contributed by atoms with E-state index in [9.17, 15) is 9.90 Å². The van der Waals surface area contributed by atoms with Crippen molar-refractivity contribution < 1.29 is 14.6 Å². The van der Waals surface area contributed by atoms with Crippen LogP contribution in [0.5, 0.6) is 0 Å². The van der Waals surface area contributed by atoms with Gasteiger partial charge < -0.3 is 14.7 Å². The number of amides is 1. The summed E-state index contributed by atoms with van der Waals surface area (Å²) in [5.74, 6) is -0.0196. The molecule has 0 aliphatic heterocycles. The van der Waals surface area contributed by atoms with Gasteiger partial charge in [0.25, 0.3) is 0 Å². The van der Waals surface area contributed by atoms with E-state index < -0.39 is 11.5 Å². The highest BCUT2D eigenvalue weighted by atomic mass is 16.5. The topological polar surface area (TPSA) is 49.8 Å². The third-order valence-electron chi connectivity index (χ3n) is 3.22. The van der Waals surface area contributed by atoms with Gasteiger partial charge in [-0.15, -0.1) is 0 Å². The number of nitrogens with zero attached hydrogens (tertiary/aromatic N) is 1. The van der Waals surface area contributed by atoms with Crippen LogP contribution < -0.4 is 0 Å². The van der Waals surface area contributed by atoms with Gasteiger partial charge >= 0.3 is 0 Å². The van der Waals surface area contributed by atoms with Crippen LogP contribution in [0.2, 0.25) is 0 Å². The average Bonchev–Trinajstić information content (AvgIpc) is 2.39. The Bertz CT molecular complexity index is 403. The van der Waals surface area contributed by atoms with E-state index in [0.717, 1.165) is 5.56 Å². The van der Waals surface area contributed by atoms with Crippen LogP contribution in [0.4, 0.5) is 0 Å². The quantitative estimate of drug-likeness (QED) is 0.846. The highest BCUT2D eigenvalue weighted by Gasteiger charge is 2.32. The minimum absolute atomic E-state index is 0.0196. The molecule has 106 valence electrons. The summed E-state index contributed by atoms with van der Waals surface area (Å²) in [4.78, 5) is 14.0. The standard InChI is InChI=1S/C15H23NO3/c1-15(2,12-8-6-5-7-9-12)14(18)16(3)10-13(17)11-19-4/h5-9,13,17H,10-11H2,1-4H3. The van der Waals surface area contributed by atoms with Crippen molar-refractivity contribution in [3.8, 4) is 0 Å².